The molecule has 0 bridgehead atoms. The van der Waals surface area contributed by atoms with Crippen molar-refractivity contribution in [1.29, 1.82) is 0 Å². The molecule has 1 aliphatic rings. The molecule has 0 unspecified atom stereocenters. The average molecular weight is 236 g/mol. The van der Waals surface area contributed by atoms with Crippen LogP contribution in [0.25, 0.3) is 0 Å². The standard InChI is InChI=1S/C11H12N2O4/c12-9(14)7-8(10(13)15)17-11(16-7)6-4-2-1-3-5-6/h1-5,7-8,11H,(H2,12,14)(H2,13,15)/t7-,8-/m0/s1. The first-order valence-corrected chi connectivity index (χ1v) is 5.04. The van der Waals surface area contributed by atoms with Crippen molar-refractivity contribution < 1.29 is 19.1 Å². The van der Waals surface area contributed by atoms with Crippen LogP contribution in [0.5, 0.6) is 0 Å². The van der Waals surface area contributed by atoms with Gasteiger partial charge in [0.25, 0.3) is 0 Å². The number of ether oxygens (including phenoxy) is 2. The van der Waals surface area contributed by atoms with Gasteiger partial charge in [-0.2, -0.15) is 0 Å². The summed E-state index contributed by atoms with van der Waals surface area (Å²) >= 11 is 0. The Balaban J connectivity index is 2.20. The molecular weight excluding hydrogens is 224 g/mol. The van der Waals surface area contributed by atoms with Crippen molar-refractivity contribution in [3.05, 3.63) is 35.9 Å². The summed E-state index contributed by atoms with van der Waals surface area (Å²) in [5.74, 6) is -1.54. The second-order valence-electron chi connectivity index (χ2n) is 3.66. The predicted molar refractivity (Wildman–Crippen MR) is 57.3 cm³/mol. The molecule has 4 N–H and O–H groups in total. The maximum Gasteiger partial charge on any atom is 0.249 e. The third-order valence-electron chi connectivity index (χ3n) is 2.45. The molecule has 1 fully saturated rings. The molecule has 0 saturated carbocycles. The first kappa shape index (κ1) is 11.6. The van der Waals surface area contributed by atoms with Gasteiger partial charge in [0.15, 0.2) is 18.5 Å². The SMILES string of the molecule is NC(=O)[C@H]1OC(c2ccccc2)O[C@@H]1C(N)=O. The van der Waals surface area contributed by atoms with Gasteiger partial charge in [0, 0.05) is 5.56 Å². The predicted octanol–water partition coefficient (Wildman–Crippen LogP) is -0.560. The fourth-order valence-corrected chi connectivity index (χ4v) is 1.64. The highest BCUT2D eigenvalue weighted by Gasteiger charge is 2.43. The summed E-state index contributed by atoms with van der Waals surface area (Å²) in [7, 11) is 0. The molecule has 1 saturated heterocycles. The van der Waals surface area contributed by atoms with E-state index in [0.717, 1.165) is 0 Å². The summed E-state index contributed by atoms with van der Waals surface area (Å²) in [6, 6.07) is 8.92. The number of carbonyl (C=O) groups is 2. The zero-order chi connectivity index (χ0) is 12.4. The lowest BCUT2D eigenvalue weighted by Gasteiger charge is -2.09. The molecule has 90 valence electrons. The molecule has 1 aromatic carbocycles. The van der Waals surface area contributed by atoms with Gasteiger partial charge in [0.1, 0.15) is 0 Å². The second kappa shape index (κ2) is 4.52. The Labute approximate surface area is 97.5 Å². The largest absolute Gasteiger partial charge is 0.367 e. The summed E-state index contributed by atoms with van der Waals surface area (Å²) in [5, 5.41) is 0. The lowest BCUT2D eigenvalue weighted by Crippen LogP contribution is -2.44. The Hall–Kier alpha value is -1.92. The minimum atomic E-state index is -1.14. The van der Waals surface area contributed by atoms with Crippen molar-refractivity contribution in [3.8, 4) is 0 Å². The number of amides is 2. The molecule has 6 heteroatoms. The van der Waals surface area contributed by atoms with E-state index in [-0.39, 0.29) is 0 Å². The Morgan fingerprint density at radius 1 is 0.941 bits per heavy atom. The molecule has 2 rings (SSSR count). The quantitative estimate of drug-likeness (QED) is 0.733. The molecule has 0 spiro atoms. The van der Waals surface area contributed by atoms with Crippen molar-refractivity contribution in [1.82, 2.24) is 0 Å². The van der Waals surface area contributed by atoms with Gasteiger partial charge in [0.05, 0.1) is 0 Å². The molecular formula is C11H12N2O4. The van der Waals surface area contributed by atoms with E-state index < -0.39 is 30.3 Å². The zero-order valence-electron chi connectivity index (χ0n) is 8.91. The zero-order valence-corrected chi connectivity index (χ0v) is 8.91. The van der Waals surface area contributed by atoms with Gasteiger partial charge in [-0.3, -0.25) is 9.59 Å². The van der Waals surface area contributed by atoms with Crippen LogP contribution in [0.1, 0.15) is 11.9 Å². The van der Waals surface area contributed by atoms with E-state index >= 15 is 0 Å². The van der Waals surface area contributed by atoms with Crippen molar-refractivity contribution in [2.24, 2.45) is 11.5 Å². The van der Waals surface area contributed by atoms with Crippen LogP contribution >= 0.6 is 0 Å². The molecule has 1 aromatic rings. The molecule has 2 amide bonds. The summed E-state index contributed by atoms with van der Waals surface area (Å²) in [6.45, 7) is 0. The number of benzene rings is 1. The van der Waals surface area contributed by atoms with Crippen molar-refractivity contribution in [2.75, 3.05) is 0 Å². The van der Waals surface area contributed by atoms with Crippen molar-refractivity contribution >= 4 is 11.8 Å². The van der Waals surface area contributed by atoms with E-state index in [4.69, 9.17) is 20.9 Å². The highest BCUT2D eigenvalue weighted by molar-refractivity contribution is 5.89. The van der Waals surface area contributed by atoms with E-state index in [0.29, 0.717) is 5.56 Å². The molecule has 17 heavy (non-hydrogen) atoms. The fourth-order valence-electron chi connectivity index (χ4n) is 1.64. The molecule has 1 aliphatic heterocycles. The van der Waals surface area contributed by atoms with Crippen LogP contribution in [-0.4, -0.2) is 24.0 Å². The number of hydrogen-bond acceptors (Lipinski definition) is 4. The smallest absolute Gasteiger partial charge is 0.249 e. The fraction of sp³-hybridized carbons (Fsp3) is 0.273. The van der Waals surface area contributed by atoms with Crippen LogP contribution in [0.15, 0.2) is 30.3 Å². The topological polar surface area (TPSA) is 105 Å². The molecule has 1 heterocycles. The normalized spacial score (nSPS) is 24.7. The van der Waals surface area contributed by atoms with Crippen LogP contribution in [0, 0.1) is 0 Å². The number of nitrogens with two attached hydrogens (primary N) is 2. The first-order valence-electron chi connectivity index (χ1n) is 5.04. The monoisotopic (exact) mass is 236 g/mol. The molecule has 0 aliphatic carbocycles. The van der Waals surface area contributed by atoms with E-state index in [2.05, 4.69) is 0 Å². The molecule has 6 nitrogen and oxygen atoms in total. The summed E-state index contributed by atoms with van der Waals surface area (Å²) in [5.41, 5.74) is 10.9. The van der Waals surface area contributed by atoms with Gasteiger partial charge in [-0.05, 0) is 0 Å². The summed E-state index contributed by atoms with van der Waals surface area (Å²) in [4.78, 5) is 22.2. The molecule has 0 radical (unpaired) electrons. The molecule has 0 aromatic heterocycles. The van der Waals surface area contributed by atoms with Gasteiger partial charge in [-0.15, -0.1) is 0 Å². The maximum atomic E-state index is 11.1. The highest BCUT2D eigenvalue weighted by atomic mass is 16.7. The van der Waals surface area contributed by atoms with Gasteiger partial charge >= 0.3 is 0 Å². The van der Waals surface area contributed by atoms with E-state index in [9.17, 15) is 9.59 Å². The minimum Gasteiger partial charge on any atom is -0.367 e. The lowest BCUT2D eigenvalue weighted by atomic mass is 10.2. The van der Waals surface area contributed by atoms with Crippen LogP contribution < -0.4 is 11.5 Å². The van der Waals surface area contributed by atoms with Gasteiger partial charge in [-0.1, -0.05) is 30.3 Å². The second-order valence-corrected chi connectivity index (χ2v) is 3.66. The lowest BCUT2D eigenvalue weighted by molar-refractivity contribution is -0.133. The van der Waals surface area contributed by atoms with E-state index in [1.807, 2.05) is 6.07 Å². The third-order valence-corrected chi connectivity index (χ3v) is 2.45. The van der Waals surface area contributed by atoms with Crippen LogP contribution in [0.4, 0.5) is 0 Å². The number of rotatable bonds is 3. The van der Waals surface area contributed by atoms with Gasteiger partial charge in [-0.25, -0.2) is 0 Å². The number of carbonyl (C=O) groups excluding carboxylic acids is 2. The van der Waals surface area contributed by atoms with E-state index in [1.165, 1.54) is 0 Å². The first-order chi connectivity index (χ1) is 8.09. The van der Waals surface area contributed by atoms with Crippen LogP contribution in [-0.2, 0) is 19.1 Å². The Bertz CT molecular complexity index is 412. The Morgan fingerprint density at radius 2 is 1.41 bits per heavy atom. The highest BCUT2D eigenvalue weighted by Crippen LogP contribution is 2.30. The van der Waals surface area contributed by atoms with Gasteiger partial charge in [0.2, 0.25) is 11.8 Å². The number of primary amides is 2. The summed E-state index contributed by atoms with van der Waals surface area (Å²) in [6.07, 6.45) is -3.08. The van der Waals surface area contributed by atoms with Crippen LogP contribution in [0.2, 0.25) is 0 Å². The third kappa shape index (κ3) is 2.27. The van der Waals surface area contributed by atoms with E-state index in [1.54, 1.807) is 24.3 Å². The number of hydrogen-bond donors (Lipinski definition) is 2. The Kier molecular flexibility index (Phi) is 3.08. The van der Waals surface area contributed by atoms with Crippen molar-refractivity contribution in [3.63, 3.8) is 0 Å². The summed E-state index contributed by atoms with van der Waals surface area (Å²) < 4.78 is 10.6. The maximum absolute atomic E-state index is 11.1. The van der Waals surface area contributed by atoms with Crippen molar-refractivity contribution in [2.45, 2.75) is 18.5 Å². The minimum absolute atomic E-state index is 0.697. The van der Waals surface area contributed by atoms with Crippen LogP contribution in [0.3, 0.4) is 0 Å². The molecule has 2 atom stereocenters. The Morgan fingerprint density at radius 3 is 1.82 bits per heavy atom. The average Bonchev–Trinajstić information content (AvgIpc) is 2.75. The van der Waals surface area contributed by atoms with Gasteiger partial charge < -0.3 is 20.9 Å².